The van der Waals surface area contributed by atoms with Gasteiger partial charge in [-0.25, -0.2) is 0 Å². The molecule has 0 aliphatic heterocycles. The van der Waals surface area contributed by atoms with Gasteiger partial charge in [0.05, 0.1) is 0 Å². The lowest BCUT2D eigenvalue weighted by molar-refractivity contribution is -0.742. The molecule has 7 heteroatoms. The van der Waals surface area contributed by atoms with Crippen LogP contribution in [-0.4, -0.2) is 10.3 Å². The van der Waals surface area contributed by atoms with Crippen LogP contribution in [0.5, 0.6) is 0 Å². The third-order valence-corrected chi connectivity index (χ3v) is 0. The Labute approximate surface area is 36.8 Å². The van der Waals surface area contributed by atoms with Crippen LogP contribution in [0.3, 0.4) is 0 Å². The summed E-state index contributed by atoms with van der Waals surface area (Å²) in [6.45, 7) is 0. The van der Waals surface area contributed by atoms with Crippen molar-refractivity contribution < 1.29 is 15.6 Å². The molecule has 0 aromatic rings. The number of hydrogen-bond acceptors (Lipinski definition) is 4. The minimum atomic E-state index is -1.50. The predicted molar refractivity (Wildman–Crippen MR) is 15.5 cm³/mol. The van der Waals surface area contributed by atoms with E-state index in [4.69, 9.17) is 25.5 Å². The van der Waals surface area contributed by atoms with Gasteiger partial charge in [0, 0.05) is 0 Å². The van der Waals surface area contributed by atoms with Crippen molar-refractivity contribution in [3.8, 4) is 0 Å². The minimum absolute atomic E-state index is 1.50. The Balaban J connectivity index is 0. The lowest BCUT2D eigenvalue weighted by Crippen LogP contribution is -1.82. The SMILES string of the molecule is O=[N+]([O-])O.O=[O+][O-]. The average Bonchev–Trinajstić information content (AvgIpc) is 1.33. The van der Waals surface area contributed by atoms with Crippen molar-refractivity contribution >= 4 is 0 Å². The molecule has 0 aromatic heterocycles. The lowest BCUT2D eigenvalue weighted by atomic mass is 13.1. The van der Waals surface area contributed by atoms with Gasteiger partial charge in [-0.05, 0) is 0 Å². The molecular weight excluding hydrogens is 110 g/mol. The Kier molecular flexibility index (Phi) is 11.5. The molecule has 7 nitrogen and oxygen atoms in total. The monoisotopic (exact) mass is 111 g/mol. The van der Waals surface area contributed by atoms with Crippen LogP contribution >= 0.6 is 0 Å². The average molecular weight is 111 g/mol. The molecular formula is HNO6. The summed E-state index contributed by atoms with van der Waals surface area (Å²) in [7, 11) is 0. The third kappa shape index (κ3) is 15.9. The van der Waals surface area contributed by atoms with E-state index in [0.29, 0.717) is 0 Å². The summed E-state index contributed by atoms with van der Waals surface area (Å²) in [5.74, 6) is 0. The fourth-order valence-corrected chi connectivity index (χ4v) is 0. The van der Waals surface area contributed by atoms with Gasteiger partial charge < -0.3 is 5.21 Å². The van der Waals surface area contributed by atoms with Gasteiger partial charge >= 0.3 is 0 Å². The van der Waals surface area contributed by atoms with Crippen LogP contribution in [-0.2, 0) is 0 Å². The summed E-state index contributed by atoms with van der Waals surface area (Å²) in [5.41, 5.74) is 0. The Bertz CT molecular complexity index is 51.2. The molecule has 0 rings (SSSR count). The smallest absolute Gasteiger partial charge is 0.291 e. The van der Waals surface area contributed by atoms with E-state index in [9.17, 15) is 0 Å². The molecule has 0 spiro atoms. The highest BCUT2D eigenvalue weighted by molar-refractivity contribution is 4.20. The van der Waals surface area contributed by atoms with Gasteiger partial charge in [0.15, 0.2) is 4.75 Å². The molecule has 0 saturated heterocycles. The Hall–Kier alpha value is -1.40. The van der Waals surface area contributed by atoms with E-state index < -0.39 is 5.09 Å². The van der Waals surface area contributed by atoms with Gasteiger partial charge in [0.2, 0.25) is 0 Å². The molecule has 0 aliphatic rings. The third-order valence-electron chi connectivity index (χ3n) is 0. The van der Waals surface area contributed by atoms with Gasteiger partial charge in [-0.15, -0.1) is 10.1 Å². The standard InChI is InChI=1S/HNO3.O3/c2-1(3)4;1-3-2/h(H,2,3,4);. The first-order valence-electron chi connectivity index (χ1n) is 0.898. The highest BCUT2D eigenvalue weighted by Gasteiger charge is 1.65. The lowest BCUT2D eigenvalue weighted by Gasteiger charge is -1.56. The fourth-order valence-electron chi connectivity index (χ4n) is 0. The van der Waals surface area contributed by atoms with Crippen LogP contribution in [0.15, 0.2) is 0 Å². The van der Waals surface area contributed by atoms with E-state index in [2.05, 4.69) is 0 Å². The molecule has 0 radical (unpaired) electrons. The quantitative estimate of drug-likeness (QED) is 0.177. The van der Waals surface area contributed by atoms with Crippen LogP contribution in [0.2, 0.25) is 0 Å². The van der Waals surface area contributed by atoms with Crippen molar-refractivity contribution in [3.05, 3.63) is 19.8 Å². The van der Waals surface area contributed by atoms with Gasteiger partial charge in [-0.2, -0.15) is 0 Å². The van der Waals surface area contributed by atoms with E-state index >= 15 is 0 Å². The molecule has 0 unspecified atom stereocenters. The van der Waals surface area contributed by atoms with Crippen molar-refractivity contribution in [1.82, 2.24) is 0 Å². The molecule has 0 aliphatic carbocycles. The van der Waals surface area contributed by atoms with Crippen LogP contribution in [0.25, 0.3) is 0 Å². The molecule has 0 fully saturated rings. The summed E-state index contributed by atoms with van der Waals surface area (Å²) in [6, 6.07) is 0. The van der Waals surface area contributed by atoms with E-state index in [1.54, 1.807) is 4.75 Å². The summed E-state index contributed by atoms with van der Waals surface area (Å²) in [4.78, 5) is 16.2. The molecule has 0 bridgehead atoms. The molecule has 1 N–H and O–H groups in total. The maximum Gasteiger partial charge on any atom is 0.291 e. The molecule has 0 saturated carbocycles. The van der Waals surface area contributed by atoms with Crippen molar-refractivity contribution in [1.29, 1.82) is 0 Å². The summed E-state index contributed by atoms with van der Waals surface area (Å²) in [6.07, 6.45) is 0. The van der Waals surface area contributed by atoms with Crippen LogP contribution in [0.4, 0.5) is 0 Å². The normalized spacial score (nSPS) is 5.14. The fraction of sp³-hybridized carbons (Fsp3) is 0. The van der Waals surface area contributed by atoms with Crippen molar-refractivity contribution in [3.63, 3.8) is 0 Å². The van der Waals surface area contributed by atoms with E-state index in [-0.39, 0.29) is 0 Å². The molecule has 0 aromatic carbocycles. The van der Waals surface area contributed by atoms with E-state index in [1.807, 2.05) is 0 Å². The molecule has 0 amide bonds. The second-order valence-electron chi connectivity index (χ2n) is 0.306. The largest absolute Gasteiger partial charge is 0.328 e. The Morgan fingerprint density at radius 3 is 1.71 bits per heavy atom. The van der Waals surface area contributed by atoms with Crippen molar-refractivity contribution in [2.24, 2.45) is 0 Å². The topological polar surface area (TPSA) is 115 Å². The summed E-state index contributed by atoms with van der Waals surface area (Å²) < 4.78 is 1.75. The van der Waals surface area contributed by atoms with Gasteiger partial charge in [-0.1, -0.05) is 10.2 Å². The number of rotatable bonds is 0. The molecule has 42 valence electrons. The number of hydrogen-bond donors (Lipinski definition) is 1. The van der Waals surface area contributed by atoms with Crippen molar-refractivity contribution in [2.45, 2.75) is 0 Å². The maximum atomic E-state index is 8.36. The van der Waals surface area contributed by atoms with Crippen LogP contribution < -0.4 is 5.26 Å². The second-order valence-corrected chi connectivity index (χ2v) is 0.306. The van der Waals surface area contributed by atoms with E-state index in [1.165, 1.54) is 0 Å². The zero-order chi connectivity index (χ0) is 6.28. The zero-order valence-corrected chi connectivity index (χ0v) is 2.94. The Morgan fingerprint density at radius 1 is 1.71 bits per heavy atom. The molecule has 0 heterocycles. The number of nitrogens with zero attached hydrogens (tertiary/aromatic N) is 1. The minimum Gasteiger partial charge on any atom is -0.328 e. The summed E-state index contributed by atoms with van der Waals surface area (Å²) >= 11 is 0. The van der Waals surface area contributed by atoms with Gasteiger partial charge in [-0.3, -0.25) is 0 Å². The predicted octanol–water partition coefficient (Wildman–Crippen LogP) is -1.47. The van der Waals surface area contributed by atoms with Crippen molar-refractivity contribution in [2.75, 3.05) is 0 Å². The molecule has 7 heavy (non-hydrogen) atoms. The van der Waals surface area contributed by atoms with Crippen LogP contribution in [0, 0.1) is 19.8 Å². The second kappa shape index (κ2) is 8.82. The highest BCUT2D eigenvalue weighted by Crippen LogP contribution is 1.38. The highest BCUT2D eigenvalue weighted by atomic mass is 17.2. The zero-order valence-electron chi connectivity index (χ0n) is 2.94. The first-order valence-corrected chi connectivity index (χ1v) is 0.898. The van der Waals surface area contributed by atoms with Crippen LogP contribution in [0.1, 0.15) is 0 Å². The molecule has 0 atom stereocenters. The summed E-state index contributed by atoms with van der Waals surface area (Å²) in [5, 5.41) is 21.5. The van der Waals surface area contributed by atoms with Gasteiger partial charge in [0.25, 0.3) is 5.09 Å². The van der Waals surface area contributed by atoms with E-state index in [0.717, 1.165) is 0 Å². The maximum absolute atomic E-state index is 8.36. The Morgan fingerprint density at radius 2 is 1.71 bits per heavy atom. The van der Waals surface area contributed by atoms with Gasteiger partial charge in [0.1, 0.15) is 0 Å². The first kappa shape index (κ1) is 9.14. The first-order chi connectivity index (χ1) is 3.15.